The average Bonchev–Trinajstić information content (AvgIpc) is 3.03. The van der Waals surface area contributed by atoms with Crippen LogP contribution in [0.25, 0.3) is 0 Å². The van der Waals surface area contributed by atoms with Crippen LogP contribution in [-0.2, 0) is 16.1 Å². The van der Waals surface area contributed by atoms with Crippen LogP contribution in [0.15, 0.2) is 48.9 Å². The number of anilines is 1. The molecule has 1 aliphatic rings. The summed E-state index contributed by atoms with van der Waals surface area (Å²) in [6.07, 6.45) is 9.62. The Morgan fingerprint density at radius 3 is 2.88 bits per heavy atom. The molecule has 0 aliphatic heterocycles. The number of carboxylic acids is 1. The molecule has 2 aromatic rings. The fourth-order valence-electron chi connectivity index (χ4n) is 2.75. The molecule has 1 unspecified atom stereocenters. The molecule has 7 heteroatoms. The molecule has 0 fully saturated rings. The van der Waals surface area contributed by atoms with E-state index < -0.39 is 17.3 Å². The molecule has 0 radical (unpaired) electrons. The van der Waals surface area contributed by atoms with Crippen LogP contribution in [0.5, 0.6) is 0 Å². The number of nitrogens with zero attached hydrogens (tertiary/aromatic N) is 3. The number of carbonyl (C=O) groups is 2. The standard InChI is InChI=1S/C17H18N4O3/c22-15(17(16(23)24)7-3-1-4-8-17)20-14-10-19-21(12-14)11-13-6-2-5-9-18-13/h1-3,5-6,9-10,12H,4,7-8,11H2,(H,20,22)(H,23,24). The third-order valence-corrected chi connectivity index (χ3v) is 4.16. The molecule has 0 saturated carbocycles. The lowest BCUT2D eigenvalue weighted by atomic mass is 9.76. The lowest BCUT2D eigenvalue weighted by molar-refractivity contribution is -0.154. The summed E-state index contributed by atoms with van der Waals surface area (Å²) in [6, 6.07) is 5.61. The van der Waals surface area contributed by atoms with Gasteiger partial charge in [-0.05, 0) is 31.4 Å². The smallest absolute Gasteiger partial charge is 0.319 e. The van der Waals surface area contributed by atoms with E-state index in [9.17, 15) is 14.7 Å². The van der Waals surface area contributed by atoms with E-state index in [-0.39, 0.29) is 6.42 Å². The van der Waals surface area contributed by atoms with Crippen LogP contribution in [0.3, 0.4) is 0 Å². The van der Waals surface area contributed by atoms with E-state index in [1.54, 1.807) is 23.2 Å². The summed E-state index contributed by atoms with van der Waals surface area (Å²) in [7, 11) is 0. The number of hydrogen-bond donors (Lipinski definition) is 2. The topological polar surface area (TPSA) is 97.1 Å². The van der Waals surface area contributed by atoms with Crippen molar-refractivity contribution >= 4 is 17.6 Å². The monoisotopic (exact) mass is 326 g/mol. The fourth-order valence-corrected chi connectivity index (χ4v) is 2.75. The maximum Gasteiger partial charge on any atom is 0.319 e. The zero-order chi connectivity index (χ0) is 17.0. The van der Waals surface area contributed by atoms with Gasteiger partial charge in [0.05, 0.1) is 24.1 Å². The Labute approximate surface area is 139 Å². The molecule has 0 aromatic carbocycles. The molecule has 24 heavy (non-hydrogen) atoms. The van der Waals surface area contributed by atoms with Gasteiger partial charge in [-0.2, -0.15) is 5.10 Å². The van der Waals surface area contributed by atoms with Crippen LogP contribution in [0.1, 0.15) is 25.0 Å². The summed E-state index contributed by atoms with van der Waals surface area (Å²) >= 11 is 0. The number of carboxylic acid groups (broad SMARTS) is 1. The van der Waals surface area contributed by atoms with E-state index in [0.717, 1.165) is 5.69 Å². The third kappa shape index (κ3) is 3.19. The Balaban J connectivity index is 1.71. The van der Waals surface area contributed by atoms with Gasteiger partial charge in [-0.15, -0.1) is 0 Å². The third-order valence-electron chi connectivity index (χ3n) is 4.16. The molecule has 124 valence electrons. The van der Waals surface area contributed by atoms with E-state index in [0.29, 0.717) is 25.1 Å². The normalized spacial score (nSPS) is 19.8. The number of hydrogen-bond acceptors (Lipinski definition) is 4. The first kappa shape index (κ1) is 15.9. The number of rotatable bonds is 5. The second-order valence-corrected chi connectivity index (χ2v) is 5.80. The van der Waals surface area contributed by atoms with Crippen molar-refractivity contribution in [1.82, 2.24) is 14.8 Å². The SMILES string of the molecule is O=C(O)C1(C(=O)Nc2cnn(Cc3ccccn3)c2)CC=CCC1. The largest absolute Gasteiger partial charge is 0.480 e. The molecule has 0 saturated heterocycles. The molecule has 1 aliphatic carbocycles. The fraction of sp³-hybridized carbons (Fsp3) is 0.294. The van der Waals surface area contributed by atoms with Crippen LogP contribution in [0.4, 0.5) is 5.69 Å². The minimum atomic E-state index is -1.40. The molecule has 2 N–H and O–H groups in total. The Bertz CT molecular complexity index is 769. The first-order chi connectivity index (χ1) is 11.6. The number of aromatic nitrogens is 3. The number of carbonyl (C=O) groups excluding carboxylic acids is 1. The van der Waals surface area contributed by atoms with E-state index >= 15 is 0 Å². The Morgan fingerprint density at radius 1 is 1.33 bits per heavy atom. The summed E-state index contributed by atoms with van der Waals surface area (Å²) in [5.74, 6) is -1.60. The van der Waals surface area contributed by atoms with Crippen molar-refractivity contribution in [2.24, 2.45) is 5.41 Å². The Morgan fingerprint density at radius 2 is 2.21 bits per heavy atom. The van der Waals surface area contributed by atoms with Crippen molar-refractivity contribution in [3.63, 3.8) is 0 Å². The number of pyridine rings is 1. The van der Waals surface area contributed by atoms with Gasteiger partial charge in [-0.25, -0.2) is 0 Å². The van der Waals surface area contributed by atoms with Crippen molar-refractivity contribution in [3.8, 4) is 0 Å². The number of amides is 1. The summed E-state index contributed by atoms with van der Waals surface area (Å²) in [5.41, 5.74) is -0.0818. The lowest BCUT2D eigenvalue weighted by Crippen LogP contribution is -2.43. The highest BCUT2D eigenvalue weighted by Gasteiger charge is 2.45. The van der Waals surface area contributed by atoms with Crippen molar-refractivity contribution in [2.45, 2.75) is 25.8 Å². The van der Waals surface area contributed by atoms with Gasteiger partial charge in [0.15, 0.2) is 0 Å². The minimum Gasteiger partial charge on any atom is -0.480 e. The summed E-state index contributed by atoms with van der Waals surface area (Å²) in [4.78, 5) is 28.4. The molecule has 1 amide bonds. The van der Waals surface area contributed by atoms with Crippen molar-refractivity contribution in [2.75, 3.05) is 5.32 Å². The van der Waals surface area contributed by atoms with E-state index in [1.807, 2.05) is 24.3 Å². The molecular weight excluding hydrogens is 308 g/mol. The molecule has 2 aromatic heterocycles. The van der Waals surface area contributed by atoms with Crippen LogP contribution >= 0.6 is 0 Å². The molecule has 0 spiro atoms. The summed E-state index contributed by atoms with van der Waals surface area (Å²) < 4.78 is 1.65. The maximum atomic E-state index is 12.5. The van der Waals surface area contributed by atoms with Gasteiger partial charge in [-0.3, -0.25) is 19.3 Å². The van der Waals surface area contributed by atoms with Crippen LogP contribution in [0.2, 0.25) is 0 Å². The molecular formula is C17H18N4O3. The summed E-state index contributed by atoms with van der Waals surface area (Å²) in [5, 5.41) is 16.4. The Kier molecular flexibility index (Phi) is 4.41. The van der Waals surface area contributed by atoms with E-state index in [2.05, 4.69) is 15.4 Å². The van der Waals surface area contributed by atoms with Crippen LogP contribution in [0, 0.1) is 5.41 Å². The number of allylic oxidation sites excluding steroid dienone is 2. The van der Waals surface area contributed by atoms with Gasteiger partial charge in [-0.1, -0.05) is 18.2 Å². The van der Waals surface area contributed by atoms with Gasteiger partial charge in [0.2, 0.25) is 5.91 Å². The highest BCUT2D eigenvalue weighted by atomic mass is 16.4. The summed E-state index contributed by atoms with van der Waals surface area (Å²) in [6.45, 7) is 0.476. The van der Waals surface area contributed by atoms with Gasteiger partial charge >= 0.3 is 5.97 Å². The zero-order valence-corrected chi connectivity index (χ0v) is 13.1. The quantitative estimate of drug-likeness (QED) is 0.647. The highest BCUT2D eigenvalue weighted by molar-refractivity contribution is 6.08. The van der Waals surface area contributed by atoms with Gasteiger partial charge < -0.3 is 10.4 Å². The number of nitrogens with one attached hydrogen (secondary N) is 1. The van der Waals surface area contributed by atoms with Crippen LogP contribution < -0.4 is 5.32 Å². The zero-order valence-electron chi connectivity index (χ0n) is 13.1. The molecule has 0 bridgehead atoms. The molecule has 3 rings (SSSR count). The molecule has 2 heterocycles. The van der Waals surface area contributed by atoms with Crippen LogP contribution in [-0.4, -0.2) is 31.7 Å². The molecule has 7 nitrogen and oxygen atoms in total. The number of aliphatic carboxylic acids is 1. The van der Waals surface area contributed by atoms with Gasteiger partial charge in [0.25, 0.3) is 0 Å². The van der Waals surface area contributed by atoms with E-state index in [4.69, 9.17) is 0 Å². The highest BCUT2D eigenvalue weighted by Crippen LogP contribution is 2.34. The average molecular weight is 326 g/mol. The maximum absolute atomic E-state index is 12.5. The predicted molar refractivity (Wildman–Crippen MR) is 87.3 cm³/mol. The predicted octanol–water partition coefficient (Wildman–Crippen LogP) is 2.08. The van der Waals surface area contributed by atoms with Crippen molar-refractivity contribution in [3.05, 3.63) is 54.6 Å². The Hall–Kier alpha value is -2.96. The second kappa shape index (κ2) is 6.66. The first-order valence-electron chi connectivity index (χ1n) is 7.72. The van der Waals surface area contributed by atoms with Crippen molar-refractivity contribution < 1.29 is 14.7 Å². The van der Waals surface area contributed by atoms with Crippen molar-refractivity contribution in [1.29, 1.82) is 0 Å². The first-order valence-corrected chi connectivity index (χ1v) is 7.72. The lowest BCUT2D eigenvalue weighted by Gasteiger charge is -2.28. The van der Waals surface area contributed by atoms with E-state index in [1.165, 1.54) is 6.20 Å². The van der Waals surface area contributed by atoms with Gasteiger partial charge in [0, 0.05) is 12.4 Å². The minimum absolute atomic E-state index is 0.205. The molecule has 1 atom stereocenters. The van der Waals surface area contributed by atoms with Gasteiger partial charge in [0.1, 0.15) is 5.41 Å². The second-order valence-electron chi connectivity index (χ2n) is 5.80.